The quantitative estimate of drug-likeness (QED) is 0.791. The van der Waals surface area contributed by atoms with Crippen LogP contribution in [0.5, 0.6) is 0 Å². The average molecular weight is 226 g/mol. The van der Waals surface area contributed by atoms with E-state index in [4.69, 9.17) is 4.74 Å². The highest BCUT2D eigenvalue weighted by molar-refractivity contribution is 4.86. The number of hydrogen-bond acceptors (Lipinski definition) is 3. The molecule has 2 fully saturated rings. The molecule has 0 aliphatic carbocycles. The number of rotatable bonds is 3. The van der Waals surface area contributed by atoms with Gasteiger partial charge in [-0.1, -0.05) is 0 Å². The van der Waals surface area contributed by atoms with Crippen molar-refractivity contribution < 1.29 is 4.74 Å². The van der Waals surface area contributed by atoms with E-state index >= 15 is 0 Å². The van der Waals surface area contributed by atoms with E-state index in [1.807, 2.05) is 0 Å². The van der Waals surface area contributed by atoms with Crippen LogP contribution in [0.4, 0.5) is 0 Å². The Labute approximate surface area is 99.5 Å². The maximum absolute atomic E-state index is 5.78. The van der Waals surface area contributed by atoms with Crippen molar-refractivity contribution in [1.29, 1.82) is 0 Å². The maximum atomic E-state index is 5.78. The van der Waals surface area contributed by atoms with Gasteiger partial charge in [0.1, 0.15) is 0 Å². The highest BCUT2D eigenvalue weighted by Gasteiger charge is 2.26. The first-order valence-electron chi connectivity index (χ1n) is 6.75. The molecule has 0 amide bonds. The lowest BCUT2D eigenvalue weighted by atomic mass is 10.0. The summed E-state index contributed by atoms with van der Waals surface area (Å²) in [5.41, 5.74) is 0.283. The fraction of sp³-hybridized carbons (Fsp3) is 1.00. The van der Waals surface area contributed by atoms with Crippen molar-refractivity contribution in [2.45, 2.75) is 51.2 Å². The van der Waals surface area contributed by atoms with Gasteiger partial charge in [-0.3, -0.25) is 0 Å². The highest BCUT2D eigenvalue weighted by atomic mass is 16.5. The molecule has 0 radical (unpaired) electrons. The van der Waals surface area contributed by atoms with Crippen molar-refractivity contribution in [2.24, 2.45) is 0 Å². The van der Waals surface area contributed by atoms with Gasteiger partial charge in [-0.25, -0.2) is 0 Å². The molecule has 0 aromatic heterocycles. The predicted octanol–water partition coefficient (Wildman–Crippen LogP) is 1.63. The van der Waals surface area contributed by atoms with Crippen molar-refractivity contribution in [1.82, 2.24) is 10.2 Å². The molecule has 0 aromatic rings. The first-order valence-corrected chi connectivity index (χ1v) is 6.75. The minimum absolute atomic E-state index is 0.283. The Bertz CT molecular complexity index is 212. The van der Waals surface area contributed by atoms with Crippen molar-refractivity contribution in [3.05, 3.63) is 0 Å². The van der Waals surface area contributed by atoms with Gasteiger partial charge in [-0.15, -0.1) is 0 Å². The molecular weight excluding hydrogens is 200 g/mol. The Hall–Kier alpha value is -0.120. The van der Waals surface area contributed by atoms with Crippen LogP contribution in [0.25, 0.3) is 0 Å². The summed E-state index contributed by atoms with van der Waals surface area (Å²) < 4.78 is 5.78. The van der Waals surface area contributed by atoms with E-state index in [-0.39, 0.29) is 5.54 Å². The van der Waals surface area contributed by atoms with Crippen LogP contribution >= 0.6 is 0 Å². The summed E-state index contributed by atoms with van der Waals surface area (Å²) in [5, 5.41) is 3.55. The van der Waals surface area contributed by atoms with Crippen LogP contribution in [0.15, 0.2) is 0 Å². The third-order valence-electron chi connectivity index (χ3n) is 3.69. The third-order valence-corrected chi connectivity index (χ3v) is 3.69. The lowest BCUT2D eigenvalue weighted by Crippen LogP contribution is -2.57. The standard InChI is InChI=1S/C13H26N2O/c1-13(2)11-15(9-7-14-13)8-6-12-5-3-4-10-16-12/h12,14H,3-11H2,1-2H3. The normalized spacial score (nSPS) is 31.5. The van der Waals surface area contributed by atoms with Crippen molar-refractivity contribution in [3.63, 3.8) is 0 Å². The Kier molecular flexibility index (Phi) is 4.22. The summed E-state index contributed by atoms with van der Waals surface area (Å²) in [6, 6.07) is 0. The van der Waals surface area contributed by atoms with Gasteiger partial charge in [0, 0.05) is 38.3 Å². The largest absolute Gasteiger partial charge is 0.378 e. The van der Waals surface area contributed by atoms with Gasteiger partial charge < -0.3 is 15.0 Å². The lowest BCUT2D eigenvalue weighted by molar-refractivity contribution is 0.00261. The SMILES string of the molecule is CC1(C)CN(CCC2CCCCO2)CCN1. The molecule has 2 heterocycles. The zero-order valence-electron chi connectivity index (χ0n) is 10.8. The molecule has 2 saturated heterocycles. The Morgan fingerprint density at radius 1 is 1.38 bits per heavy atom. The van der Waals surface area contributed by atoms with Crippen LogP contribution in [-0.2, 0) is 4.74 Å². The van der Waals surface area contributed by atoms with Crippen LogP contribution in [0.1, 0.15) is 39.5 Å². The summed E-state index contributed by atoms with van der Waals surface area (Å²) in [7, 11) is 0. The first-order chi connectivity index (χ1) is 7.66. The summed E-state index contributed by atoms with van der Waals surface area (Å²) in [5.74, 6) is 0. The van der Waals surface area contributed by atoms with Gasteiger partial charge in [0.25, 0.3) is 0 Å². The second kappa shape index (κ2) is 5.48. The van der Waals surface area contributed by atoms with Gasteiger partial charge in [0.05, 0.1) is 6.10 Å². The molecule has 3 nitrogen and oxygen atoms in total. The fourth-order valence-electron chi connectivity index (χ4n) is 2.80. The Balaban J connectivity index is 1.68. The summed E-state index contributed by atoms with van der Waals surface area (Å²) in [4.78, 5) is 2.58. The Morgan fingerprint density at radius 3 is 2.94 bits per heavy atom. The van der Waals surface area contributed by atoms with E-state index in [9.17, 15) is 0 Å². The van der Waals surface area contributed by atoms with E-state index in [1.54, 1.807) is 0 Å². The number of nitrogens with one attached hydrogen (secondary N) is 1. The van der Waals surface area contributed by atoms with E-state index < -0.39 is 0 Å². The summed E-state index contributed by atoms with van der Waals surface area (Å²) in [6.07, 6.45) is 5.65. The molecule has 2 rings (SSSR count). The van der Waals surface area contributed by atoms with Gasteiger partial charge >= 0.3 is 0 Å². The lowest BCUT2D eigenvalue weighted by Gasteiger charge is -2.39. The van der Waals surface area contributed by atoms with Crippen LogP contribution in [-0.4, -0.2) is 49.3 Å². The van der Waals surface area contributed by atoms with Gasteiger partial charge in [-0.2, -0.15) is 0 Å². The molecule has 1 N–H and O–H groups in total. The molecule has 2 aliphatic rings. The monoisotopic (exact) mass is 226 g/mol. The van der Waals surface area contributed by atoms with E-state index in [1.165, 1.54) is 45.3 Å². The smallest absolute Gasteiger partial charge is 0.0587 e. The van der Waals surface area contributed by atoms with Gasteiger partial charge in [0.15, 0.2) is 0 Å². The fourth-order valence-corrected chi connectivity index (χ4v) is 2.80. The molecule has 2 aliphatic heterocycles. The minimum Gasteiger partial charge on any atom is -0.378 e. The average Bonchev–Trinajstić information content (AvgIpc) is 2.27. The van der Waals surface area contributed by atoms with Gasteiger partial charge in [0.2, 0.25) is 0 Å². The molecular formula is C13H26N2O. The van der Waals surface area contributed by atoms with Crippen molar-refractivity contribution >= 4 is 0 Å². The summed E-state index contributed by atoms with van der Waals surface area (Å²) in [6.45, 7) is 10.2. The zero-order chi connectivity index (χ0) is 11.4. The molecule has 16 heavy (non-hydrogen) atoms. The van der Waals surface area contributed by atoms with Crippen LogP contribution in [0.2, 0.25) is 0 Å². The Morgan fingerprint density at radius 2 is 2.25 bits per heavy atom. The molecule has 1 atom stereocenters. The van der Waals surface area contributed by atoms with Crippen LogP contribution in [0.3, 0.4) is 0 Å². The van der Waals surface area contributed by atoms with Crippen molar-refractivity contribution in [2.75, 3.05) is 32.8 Å². The second-order valence-electron chi connectivity index (χ2n) is 5.86. The number of hydrogen-bond donors (Lipinski definition) is 1. The molecule has 94 valence electrons. The molecule has 3 heteroatoms. The number of ether oxygens (including phenoxy) is 1. The van der Waals surface area contributed by atoms with Crippen molar-refractivity contribution in [3.8, 4) is 0 Å². The van der Waals surface area contributed by atoms with E-state index in [0.717, 1.165) is 13.2 Å². The van der Waals surface area contributed by atoms with Crippen LogP contribution < -0.4 is 5.32 Å². The van der Waals surface area contributed by atoms with E-state index in [0.29, 0.717) is 6.10 Å². The third kappa shape index (κ3) is 3.72. The second-order valence-corrected chi connectivity index (χ2v) is 5.86. The highest BCUT2D eigenvalue weighted by Crippen LogP contribution is 2.17. The number of piperazine rings is 1. The zero-order valence-corrected chi connectivity index (χ0v) is 10.8. The maximum Gasteiger partial charge on any atom is 0.0587 e. The van der Waals surface area contributed by atoms with Gasteiger partial charge in [-0.05, 0) is 39.5 Å². The molecule has 0 bridgehead atoms. The number of nitrogens with zero attached hydrogens (tertiary/aromatic N) is 1. The molecule has 0 spiro atoms. The molecule has 0 aromatic carbocycles. The topological polar surface area (TPSA) is 24.5 Å². The molecule has 1 unspecified atom stereocenters. The minimum atomic E-state index is 0.283. The summed E-state index contributed by atoms with van der Waals surface area (Å²) >= 11 is 0. The first kappa shape index (κ1) is 12.3. The van der Waals surface area contributed by atoms with Crippen LogP contribution in [0, 0.1) is 0 Å². The predicted molar refractivity (Wildman–Crippen MR) is 66.7 cm³/mol. The molecule has 0 saturated carbocycles. The van der Waals surface area contributed by atoms with E-state index in [2.05, 4.69) is 24.1 Å².